The highest BCUT2D eigenvalue weighted by molar-refractivity contribution is 7.99. The molecule has 140 valence electrons. The zero-order valence-electron chi connectivity index (χ0n) is 15.0. The van der Waals surface area contributed by atoms with Crippen molar-refractivity contribution >= 4 is 46.3 Å². The number of thiazole rings is 1. The van der Waals surface area contributed by atoms with E-state index in [2.05, 4.69) is 10.3 Å². The maximum Gasteiger partial charge on any atom is 0.234 e. The molecule has 1 aromatic heterocycles. The fraction of sp³-hybridized carbons (Fsp3) is 0.200. The number of halogens is 1. The van der Waals surface area contributed by atoms with Crippen LogP contribution in [-0.4, -0.2) is 23.8 Å². The summed E-state index contributed by atoms with van der Waals surface area (Å²) >= 11 is 9.33. The van der Waals surface area contributed by atoms with Gasteiger partial charge in [0, 0.05) is 16.7 Å². The van der Waals surface area contributed by atoms with Crippen molar-refractivity contribution in [1.82, 2.24) is 4.98 Å². The van der Waals surface area contributed by atoms with Crippen molar-refractivity contribution in [2.45, 2.75) is 12.7 Å². The zero-order valence-corrected chi connectivity index (χ0v) is 17.4. The number of methoxy groups -OCH3 is 1. The van der Waals surface area contributed by atoms with Crippen molar-refractivity contribution in [2.24, 2.45) is 0 Å². The minimum atomic E-state index is -0.0712. The number of anilines is 1. The molecule has 0 unspecified atom stereocenters. The Morgan fingerprint density at radius 1 is 1.26 bits per heavy atom. The van der Waals surface area contributed by atoms with E-state index < -0.39 is 0 Å². The zero-order chi connectivity index (χ0) is 19.2. The molecule has 4 nitrogen and oxygen atoms in total. The fourth-order valence-electron chi connectivity index (χ4n) is 2.42. The molecule has 3 rings (SSSR count). The first-order chi connectivity index (χ1) is 13.1. The molecule has 0 radical (unpaired) electrons. The van der Waals surface area contributed by atoms with Crippen molar-refractivity contribution in [3.05, 3.63) is 64.1 Å². The number of nitrogens with zero attached hydrogens (tertiary/aromatic N) is 1. The van der Waals surface area contributed by atoms with Crippen LogP contribution in [0.5, 0.6) is 5.75 Å². The number of hydrogen-bond acceptors (Lipinski definition) is 5. The van der Waals surface area contributed by atoms with Crippen LogP contribution >= 0.6 is 34.7 Å². The van der Waals surface area contributed by atoms with Gasteiger partial charge >= 0.3 is 0 Å². The molecule has 0 bridgehead atoms. The van der Waals surface area contributed by atoms with Gasteiger partial charge in [-0.3, -0.25) is 4.79 Å². The van der Waals surface area contributed by atoms with E-state index in [-0.39, 0.29) is 5.91 Å². The molecular formula is C20H19ClN2O2S2. The molecule has 0 fully saturated rings. The number of carbonyl (C=O) groups is 1. The van der Waals surface area contributed by atoms with Gasteiger partial charge in [-0.25, -0.2) is 4.98 Å². The Bertz CT molecular complexity index is 926. The number of aryl methyl sites for hydroxylation is 1. The van der Waals surface area contributed by atoms with Crippen LogP contribution in [0.25, 0.3) is 10.6 Å². The second kappa shape index (κ2) is 9.26. The highest BCUT2D eigenvalue weighted by Gasteiger charge is 2.09. The molecule has 7 heteroatoms. The molecule has 0 atom stereocenters. The second-order valence-corrected chi connectivity index (χ2v) is 8.07. The third-order valence-electron chi connectivity index (χ3n) is 3.84. The van der Waals surface area contributed by atoms with Crippen LogP contribution in [0.4, 0.5) is 5.69 Å². The van der Waals surface area contributed by atoms with E-state index in [1.54, 1.807) is 24.5 Å². The minimum Gasteiger partial charge on any atom is -0.497 e. The monoisotopic (exact) mass is 418 g/mol. The summed E-state index contributed by atoms with van der Waals surface area (Å²) in [7, 11) is 1.65. The van der Waals surface area contributed by atoms with E-state index in [0.717, 1.165) is 27.6 Å². The number of rotatable bonds is 7. The molecule has 0 spiro atoms. The third kappa shape index (κ3) is 5.25. The Morgan fingerprint density at radius 3 is 2.78 bits per heavy atom. The topological polar surface area (TPSA) is 51.2 Å². The summed E-state index contributed by atoms with van der Waals surface area (Å²) in [5.41, 5.74) is 3.62. The molecule has 1 amide bonds. The van der Waals surface area contributed by atoms with Gasteiger partial charge in [-0.2, -0.15) is 0 Å². The molecule has 0 saturated heterocycles. The van der Waals surface area contributed by atoms with Crippen LogP contribution < -0.4 is 10.1 Å². The summed E-state index contributed by atoms with van der Waals surface area (Å²) in [6.07, 6.45) is 0. The molecule has 27 heavy (non-hydrogen) atoms. The molecule has 2 aromatic carbocycles. The average molecular weight is 419 g/mol. The van der Waals surface area contributed by atoms with Gasteiger partial charge in [0.05, 0.1) is 29.3 Å². The van der Waals surface area contributed by atoms with Crippen molar-refractivity contribution in [1.29, 1.82) is 0 Å². The first-order valence-electron chi connectivity index (χ1n) is 8.28. The summed E-state index contributed by atoms with van der Waals surface area (Å²) in [4.78, 5) is 16.8. The Morgan fingerprint density at radius 2 is 2.04 bits per heavy atom. The van der Waals surface area contributed by atoms with Crippen molar-refractivity contribution in [3.63, 3.8) is 0 Å². The number of benzene rings is 2. The lowest BCUT2D eigenvalue weighted by Crippen LogP contribution is -2.14. The predicted octanol–water partition coefficient (Wildman–Crippen LogP) is 5.65. The lowest BCUT2D eigenvalue weighted by molar-refractivity contribution is -0.113. The first kappa shape index (κ1) is 19.7. The van der Waals surface area contributed by atoms with E-state index in [4.69, 9.17) is 16.3 Å². The average Bonchev–Trinajstić information content (AvgIpc) is 3.14. The van der Waals surface area contributed by atoms with Crippen molar-refractivity contribution in [2.75, 3.05) is 18.2 Å². The van der Waals surface area contributed by atoms with Gasteiger partial charge in [0.25, 0.3) is 0 Å². The van der Waals surface area contributed by atoms with E-state index in [1.165, 1.54) is 11.8 Å². The van der Waals surface area contributed by atoms with Crippen LogP contribution in [0.3, 0.4) is 0 Å². The molecule has 0 aliphatic rings. The Balaban J connectivity index is 1.51. The fourth-order valence-corrected chi connectivity index (χ4v) is 4.24. The highest BCUT2D eigenvalue weighted by Crippen LogP contribution is 2.28. The van der Waals surface area contributed by atoms with Gasteiger partial charge in [0.2, 0.25) is 5.91 Å². The molecule has 0 saturated carbocycles. The standard InChI is InChI=1S/C20H19ClN2O2S2/c1-13-4-3-5-17(19(13)21)23-18(24)12-26-10-15-11-27-20(22-15)14-6-8-16(25-2)9-7-14/h3-9,11H,10,12H2,1-2H3,(H,23,24). The van der Waals surface area contributed by atoms with E-state index in [0.29, 0.717) is 22.2 Å². The van der Waals surface area contributed by atoms with E-state index >= 15 is 0 Å². The lowest BCUT2D eigenvalue weighted by Gasteiger charge is -2.08. The summed E-state index contributed by atoms with van der Waals surface area (Å²) in [6, 6.07) is 13.4. The maximum atomic E-state index is 12.1. The number of thioether (sulfide) groups is 1. The smallest absolute Gasteiger partial charge is 0.234 e. The minimum absolute atomic E-state index is 0.0712. The first-order valence-corrected chi connectivity index (χ1v) is 10.7. The normalized spacial score (nSPS) is 10.6. The van der Waals surface area contributed by atoms with Gasteiger partial charge < -0.3 is 10.1 Å². The summed E-state index contributed by atoms with van der Waals surface area (Å²) in [6.45, 7) is 1.91. The van der Waals surface area contributed by atoms with Crippen LogP contribution in [0.15, 0.2) is 47.8 Å². The molecular weight excluding hydrogens is 400 g/mol. The van der Waals surface area contributed by atoms with Crippen LogP contribution in [0.2, 0.25) is 5.02 Å². The van der Waals surface area contributed by atoms with E-state index in [1.807, 2.05) is 48.7 Å². The number of amides is 1. The van der Waals surface area contributed by atoms with Gasteiger partial charge in [-0.15, -0.1) is 23.1 Å². The summed E-state index contributed by atoms with van der Waals surface area (Å²) in [5.74, 6) is 1.78. The van der Waals surface area contributed by atoms with Crippen molar-refractivity contribution in [3.8, 4) is 16.3 Å². The van der Waals surface area contributed by atoms with Gasteiger partial charge in [-0.05, 0) is 42.8 Å². The molecule has 0 aliphatic carbocycles. The lowest BCUT2D eigenvalue weighted by atomic mass is 10.2. The SMILES string of the molecule is COc1ccc(-c2nc(CSCC(=O)Nc3cccc(C)c3Cl)cs2)cc1. The molecule has 1 N–H and O–H groups in total. The summed E-state index contributed by atoms with van der Waals surface area (Å²) < 4.78 is 5.18. The maximum absolute atomic E-state index is 12.1. The Hall–Kier alpha value is -2.02. The second-order valence-electron chi connectivity index (χ2n) is 5.85. The number of ether oxygens (including phenoxy) is 1. The van der Waals surface area contributed by atoms with E-state index in [9.17, 15) is 4.79 Å². The van der Waals surface area contributed by atoms with Gasteiger partial charge in [-0.1, -0.05) is 23.7 Å². The third-order valence-corrected chi connectivity index (χ3v) is 6.25. The van der Waals surface area contributed by atoms with Crippen LogP contribution in [0.1, 0.15) is 11.3 Å². The molecule has 1 heterocycles. The number of aromatic nitrogens is 1. The highest BCUT2D eigenvalue weighted by atomic mass is 35.5. The molecule has 0 aliphatic heterocycles. The summed E-state index contributed by atoms with van der Waals surface area (Å²) in [5, 5.41) is 6.43. The van der Waals surface area contributed by atoms with Crippen molar-refractivity contribution < 1.29 is 9.53 Å². The van der Waals surface area contributed by atoms with Gasteiger partial charge in [0.15, 0.2) is 0 Å². The Kier molecular flexibility index (Phi) is 6.77. The Labute approximate surface area is 171 Å². The predicted molar refractivity (Wildman–Crippen MR) is 115 cm³/mol. The molecule has 3 aromatic rings. The number of carbonyl (C=O) groups excluding carboxylic acids is 1. The van der Waals surface area contributed by atoms with Crippen LogP contribution in [0, 0.1) is 6.92 Å². The number of hydrogen-bond donors (Lipinski definition) is 1. The largest absolute Gasteiger partial charge is 0.497 e. The van der Waals surface area contributed by atoms with Gasteiger partial charge in [0.1, 0.15) is 10.8 Å². The quantitative estimate of drug-likeness (QED) is 0.538. The number of nitrogens with one attached hydrogen (secondary N) is 1. The van der Waals surface area contributed by atoms with Crippen LogP contribution in [-0.2, 0) is 10.5 Å².